The zero-order chi connectivity index (χ0) is 34.6. The molecule has 0 spiro atoms. The van der Waals surface area contributed by atoms with Gasteiger partial charge in [-0.05, 0) is 94.2 Å². The molecule has 8 aromatic carbocycles. The molecule has 0 aliphatic carbocycles. The number of thiophene rings is 1. The van der Waals surface area contributed by atoms with E-state index in [0.717, 1.165) is 27.6 Å². The van der Waals surface area contributed by atoms with Crippen molar-refractivity contribution in [2.45, 2.75) is 0 Å². The van der Waals surface area contributed by atoms with Crippen LogP contribution in [0.4, 0.5) is 34.1 Å². The summed E-state index contributed by atoms with van der Waals surface area (Å²) in [5.41, 5.74) is 15.4. The first-order valence-electron chi connectivity index (χ1n) is 18.1. The maximum Gasteiger partial charge on any atom is 0.252 e. The molecule has 2 aromatic heterocycles. The van der Waals surface area contributed by atoms with E-state index in [4.69, 9.17) is 4.42 Å². The molecule has 0 bridgehead atoms. The van der Waals surface area contributed by atoms with Crippen LogP contribution in [-0.4, -0.2) is 6.71 Å². The standard InChI is InChI=1S/C48H29BN2OS/c1-7-21-44-33(11-1)36-29-31(25-28-45(36)52-44)30-23-26-32(27-24-30)50-39-16-5-3-14-37(39)49-38-15-4-6-17-40(38)51(42-19-10-18-41(50)47(42)49)43-20-9-13-35-34-12-2-8-22-46(34)53-48(35)43/h1-29H. The van der Waals surface area contributed by atoms with Crippen LogP contribution >= 0.6 is 11.3 Å². The Balaban J connectivity index is 1.04. The van der Waals surface area contributed by atoms with Crippen LogP contribution in [0.15, 0.2) is 180 Å². The fraction of sp³-hybridized carbons (Fsp3) is 0. The van der Waals surface area contributed by atoms with E-state index in [1.807, 2.05) is 23.5 Å². The third-order valence-electron chi connectivity index (χ3n) is 11.3. The molecule has 0 amide bonds. The fourth-order valence-corrected chi connectivity index (χ4v) is 10.2. The van der Waals surface area contributed by atoms with Gasteiger partial charge >= 0.3 is 0 Å². The molecule has 10 aromatic rings. The average molecular weight is 693 g/mol. The van der Waals surface area contributed by atoms with Crippen LogP contribution in [0.5, 0.6) is 0 Å². The van der Waals surface area contributed by atoms with Gasteiger partial charge in [-0.25, -0.2) is 0 Å². The lowest BCUT2D eigenvalue weighted by Gasteiger charge is -2.44. The Morgan fingerprint density at radius 1 is 0.415 bits per heavy atom. The quantitative estimate of drug-likeness (QED) is 0.172. The number of anilines is 6. The summed E-state index contributed by atoms with van der Waals surface area (Å²) >= 11 is 1.89. The molecule has 0 radical (unpaired) electrons. The first kappa shape index (κ1) is 29.1. The van der Waals surface area contributed by atoms with E-state index in [2.05, 4.69) is 174 Å². The summed E-state index contributed by atoms with van der Waals surface area (Å²) in [7, 11) is 0. The normalized spacial score (nSPS) is 13.2. The molecule has 2 aliphatic heterocycles. The van der Waals surface area contributed by atoms with Gasteiger partial charge in [0, 0.05) is 54.7 Å². The Morgan fingerprint density at radius 2 is 1.00 bits per heavy atom. The van der Waals surface area contributed by atoms with Gasteiger partial charge in [-0.3, -0.25) is 0 Å². The van der Waals surface area contributed by atoms with Crippen molar-refractivity contribution in [1.82, 2.24) is 0 Å². The van der Waals surface area contributed by atoms with Crippen LogP contribution in [0.3, 0.4) is 0 Å². The van der Waals surface area contributed by atoms with Crippen molar-refractivity contribution in [2.24, 2.45) is 0 Å². The minimum Gasteiger partial charge on any atom is -0.456 e. The number of para-hydroxylation sites is 3. The van der Waals surface area contributed by atoms with Gasteiger partial charge < -0.3 is 14.2 Å². The van der Waals surface area contributed by atoms with Crippen molar-refractivity contribution in [3.05, 3.63) is 176 Å². The van der Waals surface area contributed by atoms with Gasteiger partial charge in [0.2, 0.25) is 0 Å². The van der Waals surface area contributed by atoms with Gasteiger partial charge in [0.05, 0.1) is 10.4 Å². The minimum absolute atomic E-state index is 0.110. The predicted octanol–water partition coefficient (Wildman–Crippen LogP) is 11.7. The first-order valence-corrected chi connectivity index (χ1v) is 18.9. The summed E-state index contributed by atoms with van der Waals surface area (Å²) < 4.78 is 8.75. The number of benzene rings is 8. The molecule has 0 saturated heterocycles. The Morgan fingerprint density at radius 3 is 1.83 bits per heavy atom. The third-order valence-corrected chi connectivity index (χ3v) is 12.5. The van der Waals surface area contributed by atoms with Crippen molar-refractivity contribution in [3.8, 4) is 11.1 Å². The topological polar surface area (TPSA) is 19.6 Å². The van der Waals surface area contributed by atoms with Crippen molar-refractivity contribution in [2.75, 3.05) is 9.80 Å². The van der Waals surface area contributed by atoms with E-state index in [0.29, 0.717) is 0 Å². The molecular weight excluding hydrogens is 663 g/mol. The molecule has 0 saturated carbocycles. The van der Waals surface area contributed by atoms with Crippen LogP contribution in [0, 0.1) is 0 Å². The lowest BCUT2D eigenvalue weighted by molar-refractivity contribution is 0.669. The second kappa shape index (κ2) is 11.0. The van der Waals surface area contributed by atoms with Crippen LogP contribution in [0.2, 0.25) is 0 Å². The van der Waals surface area contributed by atoms with Gasteiger partial charge in [-0.1, -0.05) is 109 Å². The maximum absolute atomic E-state index is 6.12. The Hall–Kier alpha value is -6.56. The SMILES string of the molecule is c1ccc2c(c1)B1c3ccccc3N(c3cccc4c3sc3ccccc34)c3cccc(c31)N2c1ccc(-c2ccc3oc4ccccc4c3c2)cc1. The molecule has 0 atom stereocenters. The molecule has 4 heterocycles. The van der Waals surface area contributed by atoms with Crippen molar-refractivity contribution < 1.29 is 4.42 Å². The highest BCUT2D eigenvalue weighted by molar-refractivity contribution is 7.26. The number of fused-ring (bicyclic) bond motifs is 10. The third kappa shape index (κ3) is 4.11. The van der Waals surface area contributed by atoms with Crippen LogP contribution in [0.25, 0.3) is 53.2 Å². The average Bonchev–Trinajstić information content (AvgIpc) is 3.79. The Kier molecular flexibility index (Phi) is 6.02. The minimum atomic E-state index is 0.110. The zero-order valence-electron chi connectivity index (χ0n) is 28.5. The molecule has 3 nitrogen and oxygen atoms in total. The van der Waals surface area contributed by atoms with Gasteiger partial charge in [-0.15, -0.1) is 11.3 Å². The van der Waals surface area contributed by atoms with Gasteiger partial charge in [0.1, 0.15) is 11.2 Å². The first-order chi connectivity index (χ1) is 26.3. The number of rotatable bonds is 3. The van der Waals surface area contributed by atoms with Gasteiger partial charge in [0.25, 0.3) is 6.71 Å². The van der Waals surface area contributed by atoms with Crippen LogP contribution in [-0.2, 0) is 0 Å². The lowest BCUT2D eigenvalue weighted by Crippen LogP contribution is -2.61. The molecule has 12 rings (SSSR count). The number of hydrogen-bond donors (Lipinski definition) is 0. The zero-order valence-corrected chi connectivity index (χ0v) is 29.3. The van der Waals surface area contributed by atoms with Crippen molar-refractivity contribution in [3.63, 3.8) is 0 Å². The molecule has 5 heteroatoms. The lowest BCUT2D eigenvalue weighted by atomic mass is 9.33. The van der Waals surface area contributed by atoms with Crippen LogP contribution < -0.4 is 26.2 Å². The van der Waals surface area contributed by atoms with E-state index in [-0.39, 0.29) is 6.71 Å². The molecule has 246 valence electrons. The molecule has 0 unspecified atom stereocenters. The van der Waals surface area contributed by atoms with E-state index in [1.54, 1.807) is 0 Å². The number of furan rings is 1. The summed E-state index contributed by atoms with van der Waals surface area (Å²) in [5, 5.41) is 4.91. The summed E-state index contributed by atoms with van der Waals surface area (Å²) in [5.74, 6) is 0. The Bertz CT molecular complexity index is 3110. The molecule has 2 aliphatic rings. The van der Waals surface area contributed by atoms with E-state index < -0.39 is 0 Å². The highest BCUT2D eigenvalue weighted by Crippen LogP contribution is 2.48. The number of nitrogens with zero attached hydrogens (tertiary/aromatic N) is 2. The molecule has 53 heavy (non-hydrogen) atoms. The van der Waals surface area contributed by atoms with Gasteiger partial charge in [-0.2, -0.15) is 0 Å². The van der Waals surface area contributed by atoms with E-state index in [9.17, 15) is 0 Å². The smallest absolute Gasteiger partial charge is 0.252 e. The fourth-order valence-electron chi connectivity index (χ4n) is 8.99. The highest BCUT2D eigenvalue weighted by atomic mass is 32.1. The van der Waals surface area contributed by atoms with Crippen molar-refractivity contribution in [1.29, 1.82) is 0 Å². The maximum atomic E-state index is 6.12. The Labute approximate surface area is 310 Å². The monoisotopic (exact) mass is 692 g/mol. The summed E-state index contributed by atoms with van der Waals surface area (Å²) in [6.07, 6.45) is 0. The van der Waals surface area contributed by atoms with Crippen LogP contribution in [0.1, 0.15) is 0 Å². The second-order valence-electron chi connectivity index (χ2n) is 14.0. The second-order valence-corrected chi connectivity index (χ2v) is 15.1. The summed E-state index contributed by atoms with van der Waals surface area (Å²) in [6.45, 7) is 0.110. The molecule has 0 N–H and O–H groups in total. The largest absolute Gasteiger partial charge is 0.456 e. The predicted molar refractivity (Wildman–Crippen MR) is 226 cm³/mol. The highest BCUT2D eigenvalue weighted by Gasteiger charge is 2.43. The van der Waals surface area contributed by atoms with E-state index >= 15 is 0 Å². The summed E-state index contributed by atoms with van der Waals surface area (Å²) in [6, 6.07) is 64.3. The summed E-state index contributed by atoms with van der Waals surface area (Å²) in [4.78, 5) is 4.99. The van der Waals surface area contributed by atoms with Gasteiger partial charge in [0.15, 0.2) is 0 Å². The molecular formula is C48H29BN2OS. The molecule has 0 fully saturated rings. The van der Waals surface area contributed by atoms with Crippen molar-refractivity contribution >= 4 is 111 Å². The number of hydrogen-bond acceptors (Lipinski definition) is 4. The van der Waals surface area contributed by atoms with E-state index in [1.165, 1.54) is 76.1 Å².